The Kier molecular flexibility index (Phi) is 6.02. The molecule has 0 atom stereocenters. The van der Waals surface area contributed by atoms with E-state index in [9.17, 15) is 4.39 Å². The third-order valence-electron chi connectivity index (χ3n) is 2.89. The predicted molar refractivity (Wildman–Crippen MR) is 85.2 cm³/mol. The van der Waals surface area contributed by atoms with Crippen molar-refractivity contribution in [3.63, 3.8) is 0 Å². The van der Waals surface area contributed by atoms with Crippen LogP contribution in [-0.4, -0.2) is 20.3 Å². The lowest BCUT2D eigenvalue weighted by Gasteiger charge is -2.10. The van der Waals surface area contributed by atoms with E-state index in [0.29, 0.717) is 25.3 Å². The molecule has 2 aromatic rings. The predicted octanol–water partition coefficient (Wildman–Crippen LogP) is 4.23. The molecule has 2 aromatic carbocycles. The minimum Gasteiger partial charge on any atom is -0.491 e. The molecule has 112 valence electrons. The number of hydrogen-bond acceptors (Lipinski definition) is 3. The molecule has 0 amide bonds. The van der Waals surface area contributed by atoms with Crippen molar-refractivity contribution in [1.82, 2.24) is 0 Å². The van der Waals surface area contributed by atoms with E-state index >= 15 is 0 Å². The second kappa shape index (κ2) is 8.00. The maximum atomic E-state index is 13.7. The minimum atomic E-state index is -0.232. The summed E-state index contributed by atoms with van der Waals surface area (Å²) in [6.45, 7) is 1.46. The first-order chi connectivity index (χ1) is 10.2. The van der Waals surface area contributed by atoms with Gasteiger partial charge in [-0.05, 0) is 24.3 Å². The minimum absolute atomic E-state index is 0.232. The summed E-state index contributed by atoms with van der Waals surface area (Å²) in [5.41, 5.74) is 1.50. The van der Waals surface area contributed by atoms with Gasteiger partial charge in [0.15, 0.2) is 0 Å². The standard InChI is InChI=1S/C16H17BrFNO2/c1-20-7-8-21-15-4-2-3-14(10-15)19-11-12-5-6-13(17)9-16(12)18/h2-6,9-10,19H,7-8,11H2,1H3. The van der Waals surface area contributed by atoms with Gasteiger partial charge >= 0.3 is 0 Å². The molecule has 0 fully saturated rings. The third kappa shape index (κ3) is 5.02. The van der Waals surface area contributed by atoms with Gasteiger partial charge in [-0.25, -0.2) is 4.39 Å². The molecule has 0 aliphatic carbocycles. The quantitative estimate of drug-likeness (QED) is 0.755. The van der Waals surface area contributed by atoms with Crippen LogP contribution < -0.4 is 10.1 Å². The molecule has 0 heterocycles. The Balaban J connectivity index is 1.95. The van der Waals surface area contributed by atoms with Gasteiger partial charge in [0.05, 0.1) is 6.61 Å². The maximum Gasteiger partial charge on any atom is 0.129 e. The molecule has 21 heavy (non-hydrogen) atoms. The first-order valence-corrected chi connectivity index (χ1v) is 7.38. The maximum absolute atomic E-state index is 13.7. The van der Waals surface area contributed by atoms with Crippen molar-refractivity contribution in [3.8, 4) is 5.75 Å². The van der Waals surface area contributed by atoms with Crippen LogP contribution >= 0.6 is 15.9 Å². The number of anilines is 1. The van der Waals surface area contributed by atoms with Crippen LogP contribution in [0.2, 0.25) is 0 Å². The zero-order valence-corrected chi connectivity index (χ0v) is 13.3. The van der Waals surface area contributed by atoms with E-state index in [-0.39, 0.29) is 5.82 Å². The van der Waals surface area contributed by atoms with Crippen LogP contribution in [0.1, 0.15) is 5.56 Å². The smallest absolute Gasteiger partial charge is 0.129 e. The van der Waals surface area contributed by atoms with Gasteiger partial charge in [-0.15, -0.1) is 0 Å². The fraction of sp³-hybridized carbons (Fsp3) is 0.250. The highest BCUT2D eigenvalue weighted by molar-refractivity contribution is 9.10. The molecular weight excluding hydrogens is 337 g/mol. The molecule has 0 aliphatic heterocycles. The average molecular weight is 354 g/mol. The summed E-state index contributed by atoms with van der Waals surface area (Å²) in [5.74, 6) is 0.526. The Hall–Kier alpha value is -1.59. The molecule has 1 N–H and O–H groups in total. The molecule has 0 spiro atoms. The molecule has 0 saturated heterocycles. The van der Waals surface area contributed by atoms with Crippen LogP contribution in [0.4, 0.5) is 10.1 Å². The van der Waals surface area contributed by atoms with Gasteiger partial charge in [-0.1, -0.05) is 28.1 Å². The average Bonchev–Trinajstić information content (AvgIpc) is 2.47. The fourth-order valence-electron chi connectivity index (χ4n) is 1.80. The van der Waals surface area contributed by atoms with Crippen molar-refractivity contribution in [3.05, 3.63) is 58.3 Å². The van der Waals surface area contributed by atoms with Crippen molar-refractivity contribution in [2.75, 3.05) is 25.6 Å². The highest BCUT2D eigenvalue weighted by Crippen LogP contribution is 2.20. The topological polar surface area (TPSA) is 30.5 Å². The first-order valence-electron chi connectivity index (χ1n) is 6.58. The Morgan fingerprint density at radius 1 is 1.14 bits per heavy atom. The molecule has 0 aromatic heterocycles. The van der Waals surface area contributed by atoms with Crippen molar-refractivity contribution in [2.24, 2.45) is 0 Å². The number of halogens is 2. The zero-order valence-electron chi connectivity index (χ0n) is 11.7. The van der Waals surface area contributed by atoms with Crippen LogP contribution in [0.3, 0.4) is 0 Å². The Labute approximate surface area is 132 Å². The number of methoxy groups -OCH3 is 1. The molecule has 5 heteroatoms. The Morgan fingerprint density at radius 2 is 2.00 bits per heavy atom. The summed E-state index contributed by atoms with van der Waals surface area (Å²) in [4.78, 5) is 0. The summed E-state index contributed by atoms with van der Waals surface area (Å²) in [6.07, 6.45) is 0. The van der Waals surface area contributed by atoms with Crippen LogP contribution in [0.25, 0.3) is 0 Å². The van der Waals surface area contributed by atoms with E-state index in [2.05, 4.69) is 21.2 Å². The summed E-state index contributed by atoms with van der Waals surface area (Å²) in [7, 11) is 1.63. The zero-order chi connectivity index (χ0) is 15.1. The van der Waals surface area contributed by atoms with E-state index < -0.39 is 0 Å². The number of ether oxygens (including phenoxy) is 2. The van der Waals surface area contributed by atoms with Crippen LogP contribution in [0.15, 0.2) is 46.9 Å². The molecule has 0 unspecified atom stereocenters. The van der Waals surface area contributed by atoms with Gasteiger partial charge < -0.3 is 14.8 Å². The molecule has 2 rings (SSSR count). The molecule has 0 bridgehead atoms. The number of benzene rings is 2. The third-order valence-corrected chi connectivity index (χ3v) is 3.38. The lowest BCUT2D eigenvalue weighted by molar-refractivity contribution is 0.146. The van der Waals surface area contributed by atoms with E-state index in [1.54, 1.807) is 13.2 Å². The lowest BCUT2D eigenvalue weighted by Crippen LogP contribution is -2.05. The van der Waals surface area contributed by atoms with Gasteiger partial charge in [0.1, 0.15) is 18.2 Å². The SMILES string of the molecule is COCCOc1cccc(NCc2ccc(Br)cc2F)c1. The van der Waals surface area contributed by atoms with Gasteiger partial charge in [0, 0.05) is 35.4 Å². The Morgan fingerprint density at radius 3 is 2.76 bits per heavy atom. The number of nitrogens with one attached hydrogen (secondary N) is 1. The lowest BCUT2D eigenvalue weighted by atomic mass is 10.2. The van der Waals surface area contributed by atoms with Crippen LogP contribution in [0, 0.1) is 5.82 Å². The first kappa shape index (κ1) is 15.8. The largest absolute Gasteiger partial charge is 0.491 e. The molecule has 0 saturated carbocycles. The van der Waals surface area contributed by atoms with Crippen molar-refractivity contribution >= 4 is 21.6 Å². The summed E-state index contributed by atoms with van der Waals surface area (Å²) >= 11 is 3.24. The summed E-state index contributed by atoms with van der Waals surface area (Å²) in [6, 6.07) is 12.6. The van der Waals surface area contributed by atoms with Crippen molar-refractivity contribution in [2.45, 2.75) is 6.54 Å². The van der Waals surface area contributed by atoms with Crippen molar-refractivity contribution in [1.29, 1.82) is 0 Å². The second-order valence-electron chi connectivity index (χ2n) is 4.46. The van der Waals surface area contributed by atoms with Gasteiger partial charge in [-0.3, -0.25) is 0 Å². The monoisotopic (exact) mass is 353 g/mol. The molecule has 0 aliphatic rings. The van der Waals surface area contributed by atoms with Gasteiger partial charge in [0.2, 0.25) is 0 Å². The summed E-state index contributed by atoms with van der Waals surface area (Å²) < 4.78 is 24.9. The van der Waals surface area contributed by atoms with Crippen LogP contribution in [-0.2, 0) is 11.3 Å². The fourth-order valence-corrected chi connectivity index (χ4v) is 2.13. The highest BCUT2D eigenvalue weighted by atomic mass is 79.9. The molecular formula is C16H17BrFNO2. The van der Waals surface area contributed by atoms with E-state index in [0.717, 1.165) is 15.9 Å². The van der Waals surface area contributed by atoms with Crippen LogP contribution in [0.5, 0.6) is 5.75 Å². The van der Waals surface area contributed by atoms with Gasteiger partial charge in [-0.2, -0.15) is 0 Å². The van der Waals surface area contributed by atoms with E-state index in [1.807, 2.05) is 30.3 Å². The van der Waals surface area contributed by atoms with E-state index in [1.165, 1.54) is 6.07 Å². The number of rotatable bonds is 7. The van der Waals surface area contributed by atoms with Gasteiger partial charge in [0.25, 0.3) is 0 Å². The second-order valence-corrected chi connectivity index (χ2v) is 5.37. The van der Waals surface area contributed by atoms with E-state index in [4.69, 9.17) is 9.47 Å². The highest BCUT2D eigenvalue weighted by Gasteiger charge is 2.03. The molecule has 0 radical (unpaired) electrons. The molecule has 3 nitrogen and oxygen atoms in total. The normalized spacial score (nSPS) is 10.4. The van der Waals surface area contributed by atoms with Crippen molar-refractivity contribution < 1.29 is 13.9 Å². The number of hydrogen-bond donors (Lipinski definition) is 1. The Bertz CT molecular complexity index is 592. The summed E-state index contributed by atoms with van der Waals surface area (Å²) in [5, 5.41) is 3.19.